The third-order valence-electron chi connectivity index (χ3n) is 6.33. The molecular formula is C25H34N2O3S. The van der Waals surface area contributed by atoms with Crippen molar-refractivity contribution in [2.75, 3.05) is 13.1 Å². The highest BCUT2D eigenvalue weighted by molar-refractivity contribution is 7.89. The van der Waals surface area contributed by atoms with Crippen molar-refractivity contribution in [3.8, 4) is 0 Å². The summed E-state index contributed by atoms with van der Waals surface area (Å²) in [6, 6.07) is 9.02. The van der Waals surface area contributed by atoms with Gasteiger partial charge >= 0.3 is 0 Å². The van der Waals surface area contributed by atoms with Crippen molar-refractivity contribution in [3.63, 3.8) is 0 Å². The lowest BCUT2D eigenvalue weighted by Gasteiger charge is -2.22. The number of nitrogens with one attached hydrogen (secondary N) is 1. The minimum absolute atomic E-state index is 0.182. The molecule has 5 nitrogen and oxygen atoms in total. The number of aryl methyl sites for hydroxylation is 4. The number of carbonyl (C=O) groups excluding carboxylic acids is 1. The highest BCUT2D eigenvalue weighted by Gasteiger charge is 2.27. The van der Waals surface area contributed by atoms with Gasteiger partial charge in [0.05, 0.1) is 10.9 Å². The second-order valence-electron chi connectivity index (χ2n) is 8.79. The summed E-state index contributed by atoms with van der Waals surface area (Å²) >= 11 is 0. The van der Waals surface area contributed by atoms with Crippen molar-refractivity contribution < 1.29 is 13.2 Å². The van der Waals surface area contributed by atoms with E-state index in [-0.39, 0.29) is 16.8 Å². The Morgan fingerprint density at radius 1 is 0.871 bits per heavy atom. The Bertz CT molecular complexity index is 1070. The third kappa shape index (κ3) is 5.18. The van der Waals surface area contributed by atoms with Crippen molar-refractivity contribution >= 4 is 15.9 Å². The zero-order valence-electron chi connectivity index (χ0n) is 19.3. The van der Waals surface area contributed by atoms with Crippen LogP contribution in [-0.4, -0.2) is 31.7 Å². The lowest BCUT2D eigenvalue weighted by Crippen LogP contribution is -2.33. The fourth-order valence-corrected chi connectivity index (χ4v) is 6.02. The number of amides is 1. The molecule has 2 aromatic rings. The molecule has 0 spiro atoms. The number of benzene rings is 2. The van der Waals surface area contributed by atoms with E-state index >= 15 is 0 Å². The molecule has 31 heavy (non-hydrogen) atoms. The number of rotatable bonds is 5. The van der Waals surface area contributed by atoms with Crippen LogP contribution in [0.25, 0.3) is 0 Å². The van der Waals surface area contributed by atoms with E-state index in [1.165, 1.54) is 17.2 Å². The molecule has 1 N–H and O–H groups in total. The van der Waals surface area contributed by atoms with Crippen molar-refractivity contribution in [1.82, 2.24) is 9.62 Å². The smallest absolute Gasteiger partial charge is 0.251 e. The van der Waals surface area contributed by atoms with E-state index < -0.39 is 10.0 Å². The predicted octanol–water partition coefficient (Wildman–Crippen LogP) is 4.98. The first kappa shape index (κ1) is 23.5. The quantitative estimate of drug-likeness (QED) is 0.710. The summed E-state index contributed by atoms with van der Waals surface area (Å²) in [7, 11) is -3.62. The fourth-order valence-electron chi connectivity index (χ4n) is 4.25. The molecule has 1 heterocycles. The Balaban J connectivity index is 1.85. The van der Waals surface area contributed by atoms with Gasteiger partial charge in [-0.15, -0.1) is 0 Å². The number of hydrogen-bond donors (Lipinski definition) is 1. The summed E-state index contributed by atoms with van der Waals surface area (Å²) in [5.74, 6) is -0.266. The fraction of sp³-hybridized carbons (Fsp3) is 0.480. The molecule has 168 valence electrons. The number of carbonyl (C=O) groups is 1. The summed E-state index contributed by atoms with van der Waals surface area (Å²) in [5, 5.41) is 3.04. The van der Waals surface area contributed by atoms with Crippen LogP contribution in [0.15, 0.2) is 35.2 Å². The van der Waals surface area contributed by atoms with Gasteiger partial charge in [0.15, 0.2) is 0 Å². The second kappa shape index (κ2) is 9.53. The van der Waals surface area contributed by atoms with Crippen molar-refractivity contribution in [3.05, 3.63) is 63.7 Å². The van der Waals surface area contributed by atoms with Gasteiger partial charge in [0.2, 0.25) is 10.0 Å². The highest BCUT2D eigenvalue weighted by atomic mass is 32.2. The first-order valence-corrected chi connectivity index (χ1v) is 12.5. The molecule has 6 heteroatoms. The molecule has 1 atom stereocenters. The Labute approximate surface area is 186 Å². The average Bonchev–Trinajstić information content (AvgIpc) is 3.01. The molecule has 2 aromatic carbocycles. The maximum absolute atomic E-state index is 13.3. The standard InChI is InChI=1S/C25H34N2O3S/c1-17-10-11-22(16-24(17)31(29,30)27-12-8-6-7-9-13-27)25(28)26-21(5)23-15-19(3)18(2)14-20(23)4/h10-11,14-16,21H,6-9,12-13H2,1-5H3,(H,26,28)/t21-/m0/s1. The van der Waals surface area contributed by atoms with Gasteiger partial charge < -0.3 is 5.32 Å². The van der Waals surface area contributed by atoms with Crippen molar-refractivity contribution in [2.45, 2.75) is 71.2 Å². The van der Waals surface area contributed by atoms with Crippen LogP contribution in [-0.2, 0) is 10.0 Å². The lowest BCUT2D eigenvalue weighted by molar-refractivity contribution is 0.0939. The average molecular weight is 443 g/mol. The summed E-state index contributed by atoms with van der Waals surface area (Å²) in [6.45, 7) is 11.0. The minimum Gasteiger partial charge on any atom is -0.346 e. The largest absolute Gasteiger partial charge is 0.346 e. The van der Waals surface area contributed by atoms with Gasteiger partial charge in [-0.25, -0.2) is 8.42 Å². The Morgan fingerprint density at radius 3 is 2.13 bits per heavy atom. The normalized spacial score (nSPS) is 16.5. The van der Waals surface area contributed by atoms with Crippen LogP contribution in [0.2, 0.25) is 0 Å². The zero-order valence-corrected chi connectivity index (χ0v) is 20.1. The zero-order chi connectivity index (χ0) is 22.8. The molecule has 0 saturated carbocycles. The predicted molar refractivity (Wildman–Crippen MR) is 125 cm³/mol. The summed E-state index contributed by atoms with van der Waals surface area (Å²) < 4.78 is 28.1. The first-order chi connectivity index (χ1) is 14.6. The Morgan fingerprint density at radius 2 is 1.48 bits per heavy atom. The molecule has 1 aliphatic rings. The van der Waals surface area contributed by atoms with Crippen LogP contribution < -0.4 is 5.32 Å². The monoisotopic (exact) mass is 442 g/mol. The molecule has 1 fully saturated rings. The van der Waals surface area contributed by atoms with Crippen LogP contribution >= 0.6 is 0 Å². The molecule has 0 aliphatic carbocycles. The summed E-state index contributed by atoms with van der Waals surface area (Å²) in [6.07, 6.45) is 3.88. The molecular weight excluding hydrogens is 408 g/mol. The SMILES string of the molecule is Cc1cc(C)c([C@H](C)NC(=O)c2ccc(C)c(S(=O)(=O)N3CCCCCC3)c2)cc1C. The van der Waals surface area contributed by atoms with Gasteiger partial charge in [0, 0.05) is 18.7 Å². The molecule has 1 amide bonds. The van der Waals surface area contributed by atoms with E-state index in [4.69, 9.17) is 0 Å². The molecule has 0 bridgehead atoms. The van der Waals surface area contributed by atoms with E-state index in [9.17, 15) is 13.2 Å². The topological polar surface area (TPSA) is 66.5 Å². The highest BCUT2D eigenvalue weighted by Crippen LogP contribution is 2.25. The van der Waals surface area contributed by atoms with Crippen molar-refractivity contribution in [2.24, 2.45) is 0 Å². The van der Waals surface area contributed by atoms with Crippen LogP contribution in [0, 0.1) is 27.7 Å². The first-order valence-electron chi connectivity index (χ1n) is 11.1. The number of hydrogen-bond acceptors (Lipinski definition) is 3. The lowest BCUT2D eigenvalue weighted by atomic mass is 9.96. The molecule has 1 saturated heterocycles. The maximum atomic E-state index is 13.3. The van der Waals surface area contributed by atoms with Crippen LogP contribution in [0.4, 0.5) is 0 Å². The maximum Gasteiger partial charge on any atom is 0.251 e. The summed E-state index contributed by atoms with van der Waals surface area (Å²) in [5.41, 5.74) is 5.64. The van der Waals surface area contributed by atoms with Gasteiger partial charge in [-0.3, -0.25) is 4.79 Å². The van der Waals surface area contributed by atoms with E-state index in [0.717, 1.165) is 36.8 Å². The molecule has 1 aliphatic heterocycles. The van der Waals surface area contributed by atoms with Gasteiger partial charge in [-0.2, -0.15) is 4.31 Å². The van der Waals surface area contributed by atoms with Gasteiger partial charge in [-0.05, 0) is 87.4 Å². The van der Waals surface area contributed by atoms with E-state index in [2.05, 4.69) is 31.3 Å². The Kier molecular flexibility index (Phi) is 7.22. The van der Waals surface area contributed by atoms with Gasteiger partial charge in [0.1, 0.15) is 0 Å². The van der Waals surface area contributed by atoms with E-state index in [0.29, 0.717) is 24.2 Å². The van der Waals surface area contributed by atoms with Crippen LogP contribution in [0.5, 0.6) is 0 Å². The van der Waals surface area contributed by atoms with Crippen LogP contribution in [0.1, 0.15) is 76.8 Å². The van der Waals surface area contributed by atoms with Gasteiger partial charge in [-0.1, -0.05) is 31.0 Å². The summed E-state index contributed by atoms with van der Waals surface area (Å²) in [4.78, 5) is 13.2. The second-order valence-corrected chi connectivity index (χ2v) is 10.7. The minimum atomic E-state index is -3.62. The molecule has 3 rings (SSSR count). The van der Waals surface area contributed by atoms with Crippen molar-refractivity contribution in [1.29, 1.82) is 0 Å². The molecule has 0 unspecified atom stereocenters. The van der Waals surface area contributed by atoms with Crippen LogP contribution in [0.3, 0.4) is 0 Å². The number of nitrogens with zero attached hydrogens (tertiary/aromatic N) is 1. The molecule has 0 radical (unpaired) electrons. The number of sulfonamides is 1. The third-order valence-corrected chi connectivity index (χ3v) is 8.37. The van der Waals surface area contributed by atoms with E-state index in [1.807, 2.05) is 13.8 Å². The molecule has 0 aromatic heterocycles. The Hall–Kier alpha value is -2.18. The van der Waals surface area contributed by atoms with Gasteiger partial charge in [0.25, 0.3) is 5.91 Å². The van der Waals surface area contributed by atoms with E-state index in [1.54, 1.807) is 23.4 Å².